The third-order valence-corrected chi connectivity index (χ3v) is 4.27. The molecular weight excluding hydrogens is 304 g/mol. The first kappa shape index (κ1) is 16.4. The lowest BCUT2D eigenvalue weighted by Gasteiger charge is -2.28. The highest BCUT2D eigenvalue weighted by Gasteiger charge is 2.37. The Balaban J connectivity index is 1.69. The smallest absolute Gasteiger partial charge is 0.318 e. The number of nitrogens with zero attached hydrogens (tertiary/aromatic N) is 3. The maximum Gasteiger partial charge on any atom is 0.318 e. The van der Waals surface area contributed by atoms with Crippen LogP contribution in [0, 0.1) is 0 Å². The van der Waals surface area contributed by atoms with Gasteiger partial charge in [-0.1, -0.05) is 6.07 Å². The van der Waals surface area contributed by atoms with Gasteiger partial charge in [0.05, 0.1) is 12.3 Å². The fraction of sp³-hybridized carbons (Fsp3) is 0.444. The van der Waals surface area contributed by atoms with Crippen LogP contribution in [0.2, 0.25) is 0 Å². The molecule has 128 valence electrons. The Morgan fingerprint density at radius 2 is 2.17 bits per heavy atom. The molecule has 6 heteroatoms. The van der Waals surface area contributed by atoms with Gasteiger partial charge in [-0.15, -0.1) is 0 Å². The zero-order valence-electron chi connectivity index (χ0n) is 14.4. The summed E-state index contributed by atoms with van der Waals surface area (Å²) in [4.78, 5) is 21.0. The summed E-state index contributed by atoms with van der Waals surface area (Å²) in [7, 11) is 3.90. The van der Waals surface area contributed by atoms with Crippen molar-refractivity contribution >= 4 is 11.8 Å². The van der Waals surface area contributed by atoms with Crippen molar-refractivity contribution in [2.24, 2.45) is 0 Å². The fourth-order valence-corrected chi connectivity index (χ4v) is 2.91. The SMILES string of the molecule is CC(c1ccco1)N(C(=O)NCc1cccnc1N(C)C)C1CC1. The Bertz CT molecular complexity index is 680. The summed E-state index contributed by atoms with van der Waals surface area (Å²) in [6.45, 7) is 2.46. The van der Waals surface area contributed by atoms with Crippen molar-refractivity contribution in [2.45, 2.75) is 38.4 Å². The minimum Gasteiger partial charge on any atom is -0.467 e. The van der Waals surface area contributed by atoms with Crippen LogP contribution in [0.25, 0.3) is 0 Å². The fourth-order valence-electron chi connectivity index (χ4n) is 2.91. The zero-order chi connectivity index (χ0) is 17.1. The van der Waals surface area contributed by atoms with Crippen molar-refractivity contribution in [2.75, 3.05) is 19.0 Å². The van der Waals surface area contributed by atoms with Gasteiger partial charge in [0.25, 0.3) is 0 Å². The molecule has 2 aromatic heterocycles. The number of rotatable bonds is 6. The van der Waals surface area contributed by atoms with Crippen LogP contribution in [0.4, 0.5) is 10.6 Å². The van der Waals surface area contributed by atoms with Crippen LogP contribution in [0.5, 0.6) is 0 Å². The maximum atomic E-state index is 12.8. The average Bonchev–Trinajstić information content (AvgIpc) is 3.24. The van der Waals surface area contributed by atoms with E-state index in [2.05, 4.69) is 10.3 Å². The van der Waals surface area contributed by atoms with Gasteiger partial charge in [0.15, 0.2) is 0 Å². The van der Waals surface area contributed by atoms with Crippen LogP contribution in [0.1, 0.15) is 37.1 Å². The molecule has 0 aromatic carbocycles. The summed E-state index contributed by atoms with van der Waals surface area (Å²) in [5.74, 6) is 1.68. The highest BCUT2D eigenvalue weighted by molar-refractivity contribution is 5.75. The van der Waals surface area contributed by atoms with Crippen LogP contribution in [-0.2, 0) is 6.54 Å². The molecule has 0 bridgehead atoms. The number of nitrogens with one attached hydrogen (secondary N) is 1. The molecule has 1 N–H and O–H groups in total. The van der Waals surface area contributed by atoms with E-state index < -0.39 is 0 Å². The second kappa shape index (κ2) is 6.95. The van der Waals surface area contributed by atoms with Crippen molar-refractivity contribution in [3.05, 3.63) is 48.0 Å². The maximum absolute atomic E-state index is 12.8. The largest absolute Gasteiger partial charge is 0.467 e. The molecule has 2 aromatic rings. The van der Waals surface area contributed by atoms with Gasteiger partial charge in [-0.3, -0.25) is 0 Å². The van der Waals surface area contributed by atoms with Crippen LogP contribution in [-0.4, -0.2) is 36.1 Å². The number of carbonyl (C=O) groups excluding carboxylic acids is 1. The Morgan fingerprint density at radius 3 is 2.79 bits per heavy atom. The minimum atomic E-state index is -0.0743. The van der Waals surface area contributed by atoms with Gasteiger partial charge >= 0.3 is 6.03 Å². The first-order valence-corrected chi connectivity index (χ1v) is 8.28. The number of urea groups is 1. The first-order chi connectivity index (χ1) is 11.6. The number of furan rings is 1. The quantitative estimate of drug-likeness (QED) is 0.885. The highest BCUT2D eigenvalue weighted by Crippen LogP contribution is 2.34. The second-order valence-corrected chi connectivity index (χ2v) is 6.37. The molecule has 1 fully saturated rings. The predicted octanol–water partition coefficient (Wildman–Crippen LogP) is 3.18. The summed E-state index contributed by atoms with van der Waals surface area (Å²) >= 11 is 0. The number of amides is 2. The summed E-state index contributed by atoms with van der Waals surface area (Å²) in [6, 6.07) is 7.81. The predicted molar refractivity (Wildman–Crippen MR) is 92.8 cm³/mol. The number of aromatic nitrogens is 1. The Hall–Kier alpha value is -2.50. The Kier molecular flexibility index (Phi) is 4.74. The lowest BCUT2D eigenvalue weighted by atomic mass is 10.2. The number of hydrogen-bond donors (Lipinski definition) is 1. The number of carbonyl (C=O) groups is 1. The van der Waals surface area contributed by atoms with E-state index in [9.17, 15) is 4.79 Å². The van der Waals surface area contributed by atoms with Gasteiger partial charge in [0, 0.05) is 38.4 Å². The van der Waals surface area contributed by atoms with E-state index >= 15 is 0 Å². The van der Waals surface area contributed by atoms with E-state index in [1.807, 2.05) is 55.1 Å². The van der Waals surface area contributed by atoms with Crippen molar-refractivity contribution < 1.29 is 9.21 Å². The number of hydrogen-bond acceptors (Lipinski definition) is 4. The summed E-state index contributed by atoms with van der Waals surface area (Å²) in [5.41, 5.74) is 0.997. The van der Waals surface area contributed by atoms with E-state index in [4.69, 9.17) is 4.42 Å². The molecule has 2 amide bonds. The molecule has 1 unspecified atom stereocenters. The molecular formula is C18H24N4O2. The van der Waals surface area contributed by atoms with Crippen molar-refractivity contribution in [3.63, 3.8) is 0 Å². The topological polar surface area (TPSA) is 61.6 Å². The Morgan fingerprint density at radius 1 is 1.38 bits per heavy atom. The van der Waals surface area contributed by atoms with E-state index in [0.29, 0.717) is 12.6 Å². The molecule has 3 rings (SSSR count). The molecule has 1 aliphatic carbocycles. The van der Waals surface area contributed by atoms with Crippen molar-refractivity contribution in [3.8, 4) is 0 Å². The number of pyridine rings is 1. The second-order valence-electron chi connectivity index (χ2n) is 6.37. The van der Waals surface area contributed by atoms with E-state index in [1.165, 1.54) is 0 Å². The van der Waals surface area contributed by atoms with Gasteiger partial charge in [-0.25, -0.2) is 9.78 Å². The monoisotopic (exact) mass is 328 g/mol. The van der Waals surface area contributed by atoms with E-state index in [-0.39, 0.29) is 12.1 Å². The molecule has 24 heavy (non-hydrogen) atoms. The molecule has 0 radical (unpaired) electrons. The molecule has 0 saturated heterocycles. The van der Waals surface area contributed by atoms with Crippen LogP contribution in [0.3, 0.4) is 0 Å². The molecule has 0 aliphatic heterocycles. The van der Waals surface area contributed by atoms with Gasteiger partial charge in [-0.2, -0.15) is 0 Å². The third-order valence-electron chi connectivity index (χ3n) is 4.27. The van der Waals surface area contributed by atoms with Crippen LogP contribution in [0.15, 0.2) is 41.1 Å². The van der Waals surface area contributed by atoms with Gasteiger partial charge in [0.1, 0.15) is 11.6 Å². The minimum absolute atomic E-state index is 0.0602. The van der Waals surface area contributed by atoms with Crippen LogP contribution < -0.4 is 10.2 Å². The van der Waals surface area contributed by atoms with E-state index in [1.54, 1.807) is 12.5 Å². The van der Waals surface area contributed by atoms with Crippen molar-refractivity contribution in [1.29, 1.82) is 0 Å². The standard InChI is InChI=1S/C18H24N4O2/c1-13(16-7-5-11-24-16)22(15-8-9-15)18(23)20-12-14-6-4-10-19-17(14)21(2)3/h4-7,10-11,13,15H,8-9,12H2,1-3H3,(H,20,23). The summed E-state index contributed by atoms with van der Waals surface area (Å²) in [5, 5.41) is 3.04. The molecule has 0 spiro atoms. The lowest BCUT2D eigenvalue weighted by molar-refractivity contribution is 0.166. The first-order valence-electron chi connectivity index (χ1n) is 8.28. The number of anilines is 1. The third kappa shape index (κ3) is 3.53. The summed E-state index contributed by atoms with van der Waals surface area (Å²) in [6.07, 6.45) is 5.51. The van der Waals surface area contributed by atoms with Gasteiger partial charge in [0.2, 0.25) is 0 Å². The van der Waals surface area contributed by atoms with E-state index in [0.717, 1.165) is 30.0 Å². The van der Waals surface area contributed by atoms with Crippen LogP contribution >= 0.6 is 0 Å². The van der Waals surface area contributed by atoms with Crippen molar-refractivity contribution in [1.82, 2.24) is 15.2 Å². The zero-order valence-corrected chi connectivity index (χ0v) is 14.4. The highest BCUT2D eigenvalue weighted by atomic mass is 16.3. The van der Waals surface area contributed by atoms with Gasteiger partial charge < -0.3 is 19.5 Å². The molecule has 1 atom stereocenters. The lowest BCUT2D eigenvalue weighted by Crippen LogP contribution is -2.42. The van der Waals surface area contributed by atoms with Gasteiger partial charge in [-0.05, 0) is 38.0 Å². The molecule has 2 heterocycles. The molecule has 6 nitrogen and oxygen atoms in total. The normalized spacial score (nSPS) is 15.0. The molecule has 1 saturated carbocycles. The average molecular weight is 328 g/mol. The molecule has 1 aliphatic rings. The Labute approximate surface area is 142 Å². The summed E-state index contributed by atoms with van der Waals surface area (Å²) < 4.78 is 5.48.